The van der Waals surface area contributed by atoms with E-state index in [0.717, 1.165) is 12.1 Å². The number of hydrogen-bond acceptors (Lipinski definition) is 0. The Morgan fingerprint density at radius 1 is 1.08 bits per heavy atom. The van der Waals surface area contributed by atoms with E-state index in [-0.39, 0.29) is 0 Å². The molecule has 0 atom stereocenters. The van der Waals surface area contributed by atoms with Crippen molar-refractivity contribution in [2.75, 3.05) is 0 Å². The van der Waals surface area contributed by atoms with Gasteiger partial charge in [0.15, 0.2) is 0 Å². The van der Waals surface area contributed by atoms with Gasteiger partial charge in [0.25, 0.3) is 0 Å². The van der Waals surface area contributed by atoms with E-state index in [1.54, 1.807) is 0 Å². The summed E-state index contributed by atoms with van der Waals surface area (Å²) < 4.78 is 35.9. The van der Waals surface area contributed by atoms with Crippen LogP contribution in [0.25, 0.3) is 0 Å². The van der Waals surface area contributed by atoms with Crippen LogP contribution in [0.4, 0.5) is 13.2 Å². The predicted octanol–water partition coefficient (Wildman–Crippen LogP) is 2.64. The smallest absolute Gasteiger partial charge is 0.166 e. The molecule has 0 aliphatic rings. The van der Waals surface area contributed by atoms with Gasteiger partial charge in [-0.2, -0.15) is 13.2 Å². The third kappa shape index (κ3) is 1.79. The van der Waals surface area contributed by atoms with E-state index in [1.165, 1.54) is 12.1 Å². The highest BCUT2D eigenvalue weighted by Gasteiger charge is 2.29. The molecule has 0 bridgehead atoms. The molecule has 0 unspecified atom stereocenters. The normalized spacial score (nSPS) is 10.8. The van der Waals surface area contributed by atoms with Gasteiger partial charge in [-0.15, -0.1) is 0 Å². The lowest BCUT2D eigenvalue weighted by molar-refractivity contribution is -0.137. The van der Waals surface area contributed by atoms with Crippen LogP contribution in [0, 0.1) is 12.3 Å². The molecule has 12 heavy (non-hydrogen) atoms. The molecule has 0 amide bonds. The van der Waals surface area contributed by atoms with Crippen LogP contribution in [0.15, 0.2) is 24.3 Å². The molecule has 1 aromatic rings. The van der Waals surface area contributed by atoms with Crippen molar-refractivity contribution in [1.29, 1.82) is 0 Å². The third-order valence-corrected chi connectivity index (χ3v) is 1.36. The zero-order valence-electron chi connectivity index (χ0n) is 5.94. The van der Waals surface area contributed by atoms with Gasteiger partial charge in [-0.05, 0) is 30.7 Å². The van der Waals surface area contributed by atoms with Crippen molar-refractivity contribution in [1.82, 2.24) is 0 Å². The van der Waals surface area contributed by atoms with E-state index in [2.05, 4.69) is 0 Å². The van der Waals surface area contributed by atoms with Crippen LogP contribution < -0.4 is 0 Å². The minimum absolute atomic E-state index is 0.336. The van der Waals surface area contributed by atoms with Crippen molar-refractivity contribution in [2.24, 2.45) is 0 Å². The zero-order valence-corrected chi connectivity index (χ0v) is 5.94. The van der Waals surface area contributed by atoms with Crippen molar-refractivity contribution < 1.29 is 13.2 Å². The van der Waals surface area contributed by atoms with E-state index in [9.17, 15) is 13.2 Å². The summed E-state index contributed by atoms with van der Waals surface area (Å²) in [5.74, 6) is 1.99. The van der Waals surface area contributed by atoms with E-state index < -0.39 is 11.7 Å². The fraction of sp³-hybridized carbons (Fsp3) is 0.111. The fourth-order valence-electron chi connectivity index (χ4n) is 0.743. The summed E-state index contributed by atoms with van der Waals surface area (Å²) in [6.07, 6.45) is 2.33. The lowest BCUT2D eigenvalue weighted by atomic mass is 10.1. The Balaban J connectivity index is 3.02. The third-order valence-electron chi connectivity index (χ3n) is 1.36. The summed E-state index contributed by atoms with van der Waals surface area (Å²) in [6.45, 7) is 0. The molecule has 0 saturated heterocycles. The van der Waals surface area contributed by atoms with E-state index in [1.807, 2.05) is 5.92 Å². The molecule has 0 aliphatic heterocycles. The van der Waals surface area contributed by atoms with E-state index >= 15 is 0 Å². The standard InChI is InChI=1S/C9H4F3/c1-2-7-3-5-8(6-4-7)9(10,11)12/h3-6H. The predicted molar refractivity (Wildman–Crippen MR) is 37.7 cm³/mol. The van der Waals surface area contributed by atoms with Crippen LogP contribution in [-0.2, 0) is 6.18 Å². The van der Waals surface area contributed by atoms with Gasteiger partial charge >= 0.3 is 6.18 Å². The Labute approximate surface area is 68.0 Å². The first-order valence-corrected chi connectivity index (χ1v) is 3.14. The van der Waals surface area contributed by atoms with Crippen LogP contribution in [0.1, 0.15) is 11.1 Å². The van der Waals surface area contributed by atoms with Crippen LogP contribution in [0.2, 0.25) is 0 Å². The molecule has 0 saturated carbocycles. The Morgan fingerprint density at radius 3 is 1.92 bits per heavy atom. The van der Waals surface area contributed by atoms with Gasteiger partial charge in [0.1, 0.15) is 0 Å². The molecular weight excluding hydrogens is 165 g/mol. The molecular formula is C9H4F3. The van der Waals surface area contributed by atoms with Crippen molar-refractivity contribution in [2.45, 2.75) is 6.18 Å². The molecule has 0 N–H and O–H groups in total. The highest BCUT2D eigenvalue weighted by Crippen LogP contribution is 2.28. The first-order chi connectivity index (χ1) is 5.54. The Hall–Kier alpha value is -1.43. The first kappa shape index (κ1) is 8.66. The maximum absolute atomic E-state index is 12.0. The average molecular weight is 169 g/mol. The van der Waals surface area contributed by atoms with Gasteiger partial charge in [0, 0.05) is 5.56 Å². The molecule has 0 nitrogen and oxygen atoms in total. The summed E-state index contributed by atoms with van der Waals surface area (Å²) in [4.78, 5) is 0. The van der Waals surface area contributed by atoms with Crippen molar-refractivity contribution >= 4 is 0 Å². The van der Waals surface area contributed by atoms with Gasteiger partial charge < -0.3 is 0 Å². The molecule has 0 heterocycles. The second kappa shape index (κ2) is 2.90. The number of alkyl halides is 3. The number of halogens is 3. The summed E-state index contributed by atoms with van der Waals surface area (Å²) in [7, 11) is 0. The van der Waals surface area contributed by atoms with Crippen molar-refractivity contribution in [3.8, 4) is 5.92 Å². The molecule has 0 spiro atoms. The molecule has 0 aliphatic carbocycles. The fourth-order valence-corrected chi connectivity index (χ4v) is 0.743. The lowest BCUT2D eigenvalue weighted by Gasteiger charge is -2.04. The molecule has 0 fully saturated rings. The van der Waals surface area contributed by atoms with E-state index in [4.69, 9.17) is 6.42 Å². The minimum Gasteiger partial charge on any atom is -0.166 e. The Bertz CT molecular complexity index is 300. The highest BCUT2D eigenvalue weighted by molar-refractivity contribution is 5.33. The second-order valence-corrected chi connectivity index (χ2v) is 2.20. The zero-order chi connectivity index (χ0) is 9.19. The van der Waals surface area contributed by atoms with Gasteiger partial charge in [0.05, 0.1) is 5.56 Å². The number of benzene rings is 1. The molecule has 1 aromatic carbocycles. The Kier molecular flexibility index (Phi) is 2.09. The number of rotatable bonds is 0. The van der Waals surface area contributed by atoms with Gasteiger partial charge in [-0.25, -0.2) is 0 Å². The maximum Gasteiger partial charge on any atom is 0.416 e. The maximum atomic E-state index is 12.0. The highest BCUT2D eigenvalue weighted by atomic mass is 19.4. The van der Waals surface area contributed by atoms with Crippen LogP contribution in [0.3, 0.4) is 0 Å². The lowest BCUT2D eigenvalue weighted by Crippen LogP contribution is -2.03. The molecule has 1 rings (SSSR count). The SMILES string of the molecule is [C]#Cc1ccc(C(F)(F)F)cc1. The monoisotopic (exact) mass is 169 g/mol. The molecule has 1 radical (unpaired) electrons. The summed E-state index contributed by atoms with van der Waals surface area (Å²) in [5, 5.41) is 0. The van der Waals surface area contributed by atoms with Crippen LogP contribution in [-0.4, -0.2) is 0 Å². The first-order valence-electron chi connectivity index (χ1n) is 3.14. The Morgan fingerprint density at radius 2 is 1.58 bits per heavy atom. The second-order valence-electron chi connectivity index (χ2n) is 2.20. The largest absolute Gasteiger partial charge is 0.416 e. The van der Waals surface area contributed by atoms with Crippen molar-refractivity contribution in [3.63, 3.8) is 0 Å². The van der Waals surface area contributed by atoms with Gasteiger partial charge in [-0.1, -0.05) is 5.92 Å². The van der Waals surface area contributed by atoms with Gasteiger partial charge in [-0.3, -0.25) is 0 Å². The summed E-state index contributed by atoms with van der Waals surface area (Å²) in [6, 6.07) is 4.26. The molecule has 61 valence electrons. The summed E-state index contributed by atoms with van der Waals surface area (Å²) >= 11 is 0. The molecule has 3 heteroatoms. The minimum atomic E-state index is -4.31. The topological polar surface area (TPSA) is 0 Å². The quantitative estimate of drug-likeness (QED) is 0.524. The molecule has 0 aromatic heterocycles. The van der Waals surface area contributed by atoms with E-state index in [0.29, 0.717) is 5.56 Å². The number of hydrogen-bond donors (Lipinski definition) is 0. The van der Waals surface area contributed by atoms with Crippen LogP contribution >= 0.6 is 0 Å². The van der Waals surface area contributed by atoms with Gasteiger partial charge in [0.2, 0.25) is 0 Å². The van der Waals surface area contributed by atoms with Crippen molar-refractivity contribution in [3.05, 3.63) is 41.8 Å². The average Bonchev–Trinajstić information content (AvgIpc) is 2.03. The summed E-state index contributed by atoms with van der Waals surface area (Å²) in [5.41, 5.74) is -0.371. The van der Waals surface area contributed by atoms with Crippen LogP contribution in [0.5, 0.6) is 0 Å².